The van der Waals surface area contributed by atoms with Crippen LogP contribution < -0.4 is 10.3 Å². The molecule has 0 aliphatic carbocycles. The highest BCUT2D eigenvalue weighted by Crippen LogP contribution is 2.31. The summed E-state index contributed by atoms with van der Waals surface area (Å²) >= 11 is 0. The Balaban J connectivity index is 3.06. The normalized spacial score (nSPS) is 10.5. The zero-order valence-electron chi connectivity index (χ0n) is 9.34. The Hall–Kier alpha value is -2.37. The van der Waals surface area contributed by atoms with Crippen molar-refractivity contribution in [2.75, 3.05) is 7.11 Å². The van der Waals surface area contributed by atoms with Crippen LogP contribution in [0.2, 0.25) is 0 Å². The van der Waals surface area contributed by atoms with E-state index in [2.05, 4.69) is 0 Å². The lowest BCUT2D eigenvalue weighted by atomic mass is 10.2. The number of methoxy groups -OCH3 is 1. The fourth-order valence-electron chi connectivity index (χ4n) is 1.82. The van der Waals surface area contributed by atoms with Gasteiger partial charge in [0.25, 0.3) is 0 Å². The SMILES string of the molecule is COc1c([N+](=O)[O-])c(=O)n(C)c2ccccc12. The standard InChI is InChI=1S/C11H10N2O4/c1-12-8-6-4-3-5-7(8)10(17-2)9(11(12)14)13(15)16/h3-6H,1-2H3. The number of aromatic nitrogens is 1. The van der Waals surface area contributed by atoms with Crippen molar-refractivity contribution in [3.63, 3.8) is 0 Å². The summed E-state index contributed by atoms with van der Waals surface area (Å²) in [6.45, 7) is 0. The molecule has 0 unspecified atom stereocenters. The quantitative estimate of drug-likeness (QED) is 0.582. The summed E-state index contributed by atoms with van der Waals surface area (Å²) in [6, 6.07) is 6.88. The second kappa shape index (κ2) is 3.89. The number of benzene rings is 1. The summed E-state index contributed by atoms with van der Waals surface area (Å²) in [7, 11) is 2.81. The van der Waals surface area contributed by atoms with Gasteiger partial charge in [0, 0.05) is 12.4 Å². The second-order valence-electron chi connectivity index (χ2n) is 3.52. The van der Waals surface area contributed by atoms with Crippen LogP contribution in [0.15, 0.2) is 29.1 Å². The first-order chi connectivity index (χ1) is 8.07. The molecule has 0 aliphatic heterocycles. The number of aryl methyl sites for hydroxylation is 1. The third-order valence-electron chi connectivity index (χ3n) is 2.62. The molecule has 0 radical (unpaired) electrons. The molecule has 1 aromatic carbocycles. The van der Waals surface area contributed by atoms with Crippen molar-refractivity contribution in [3.05, 3.63) is 44.7 Å². The highest BCUT2D eigenvalue weighted by Gasteiger charge is 2.25. The Kier molecular flexibility index (Phi) is 2.55. The summed E-state index contributed by atoms with van der Waals surface area (Å²) in [5, 5.41) is 11.5. The highest BCUT2D eigenvalue weighted by molar-refractivity contribution is 5.88. The lowest BCUT2D eigenvalue weighted by Crippen LogP contribution is -2.21. The van der Waals surface area contributed by atoms with Gasteiger partial charge < -0.3 is 9.30 Å². The number of rotatable bonds is 2. The van der Waals surface area contributed by atoms with E-state index in [0.717, 1.165) is 0 Å². The zero-order chi connectivity index (χ0) is 12.6. The number of para-hydroxylation sites is 1. The van der Waals surface area contributed by atoms with Gasteiger partial charge in [-0.2, -0.15) is 0 Å². The predicted molar refractivity (Wildman–Crippen MR) is 62.4 cm³/mol. The molecule has 6 heteroatoms. The average molecular weight is 234 g/mol. The number of hydrogen-bond acceptors (Lipinski definition) is 4. The maximum atomic E-state index is 11.8. The Bertz CT molecular complexity index is 660. The number of hydrogen-bond donors (Lipinski definition) is 0. The Labute approximate surface area is 96.2 Å². The first-order valence-corrected chi connectivity index (χ1v) is 4.88. The number of nitrogens with zero attached hydrogens (tertiary/aromatic N) is 2. The van der Waals surface area contributed by atoms with Crippen LogP contribution in [0.4, 0.5) is 5.69 Å². The van der Waals surface area contributed by atoms with E-state index < -0.39 is 16.2 Å². The number of nitro groups is 1. The molecule has 6 nitrogen and oxygen atoms in total. The fourth-order valence-corrected chi connectivity index (χ4v) is 1.82. The first-order valence-electron chi connectivity index (χ1n) is 4.88. The highest BCUT2D eigenvalue weighted by atomic mass is 16.6. The maximum Gasteiger partial charge on any atom is 0.376 e. The molecule has 88 valence electrons. The molecule has 0 amide bonds. The molecule has 0 saturated heterocycles. The van der Waals surface area contributed by atoms with Crippen molar-refractivity contribution in [1.29, 1.82) is 0 Å². The van der Waals surface area contributed by atoms with Crippen molar-refractivity contribution in [1.82, 2.24) is 4.57 Å². The molecular formula is C11H10N2O4. The molecule has 1 aromatic heterocycles. The molecule has 0 aliphatic rings. The summed E-state index contributed by atoms with van der Waals surface area (Å²) in [5.41, 5.74) is -0.612. The fraction of sp³-hybridized carbons (Fsp3) is 0.182. The van der Waals surface area contributed by atoms with Crippen LogP contribution in [-0.4, -0.2) is 16.6 Å². The molecule has 17 heavy (non-hydrogen) atoms. The molecule has 2 aromatic rings. The van der Waals surface area contributed by atoms with E-state index in [4.69, 9.17) is 4.74 Å². The molecule has 0 atom stereocenters. The summed E-state index contributed by atoms with van der Waals surface area (Å²) in [5.74, 6) is 0.00806. The van der Waals surface area contributed by atoms with Gasteiger partial charge >= 0.3 is 11.2 Å². The van der Waals surface area contributed by atoms with E-state index in [1.165, 1.54) is 18.7 Å². The van der Waals surface area contributed by atoms with E-state index in [1.807, 2.05) is 0 Å². The lowest BCUT2D eigenvalue weighted by molar-refractivity contribution is -0.387. The summed E-state index contributed by atoms with van der Waals surface area (Å²) < 4.78 is 6.25. The number of fused-ring (bicyclic) bond motifs is 1. The molecule has 0 bridgehead atoms. The topological polar surface area (TPSA) is 74.4 Å². The third kappa shape index (κ3) is 1.54. The molecule has 0 N–H and O–H groups in total. The molecular weight excluding hydrogens is 224 g/mol. The van der Waals surface area contributed by atoms with E-state index in [1.54, 1.807) is 24.3 Å². The van der Waals surface area contributed by atoms with Crippen LogP contribution in [0.3, 0.4) is 0 Å². The molecule has 0 spiro atoms. The molecule has 2 rings (SSSR count). The van der Waals surface area contributed by atoms with Crippen LogP contribution >= 0.6 is 0 Å². The predicted octanol–water partition coefficient (Wildman–Crippen LogP) is 1.46. The van der Waals surface area contributed by atoms with Gasteiger partial charge in [-0.05, 0) is 12.1 Å². The van der Waals surface area contributed by atoms with E-state index in [0.29, 0.717) is 10.9 Å². The van der Waals surface area contributed by atoms with Gasteiger partial charge in [0.05, 0.1) is 17.5 Å². The van der Waals surface area contributed by atoms with Gasteiger partial charge in [0.1, 0.15) is 0 Å². The van der Waals surface area contributed by atoms with Crippen molar-refractivity contribution in [2.45, 2.75) is 0 Å². The molecule has 0 saturated carbocycles. The van der Waals surface area contributed by atoms with Gasteiger partial charge in [-0.3, -0.25) is 14.9 Å². The molecule has 0 fully saturated rings. The van der Waals surface area contributed by atoms with Crippen molar-refractivity contribution < 1.29 is 9.66 Å². The van der Waals surface area contributed by atoms with E-state index >= 15 is 0 Å². The van der Waals surface area contributed by atoms with Crippen molar-refractivity contribution >= 4 is 16.6 Å². The van der Waals surface area contributed by atoms with Gasteiger partial charge in [-0.25, -0.2) is 0 Å². The monoisotopic (exact) mass is 234 g/mol. The summed E-state index contributed by atoms with van der Waals surface area (Å²) in [4.78, 5) is 22.0. The zero-order valence-corrected chi connectivity index (χ0v) is 9.34. The second-order valence-corrected chi connectivity index (χ2v) is 3.52. The Morgan fingerprint density at radius 3 is 2.59 bits per heavy atom. The third-order valence-corrected chi connectivity index (χ3v) is 2.62. The van der Waals surface area contributed by atoms with Gasteiger partial charge in [0.2, 0.25) is 5.75 Å². The number of ether oxygens (including phenoxy) is 1. The number of pyridine rings is 1. The minimum absolute atomic E-state index is 0.00806. The van der Waals surface area contributed by atoms with E-state index in [-0.39, 0.29) is 5.75 Å². The Morgan fingerprint density at radius 1 is 1.35 bits per heavy atom. The van der Waals surface area contributed by atoms with Crippen LogP contribution in [0.1, 0.15) is 0 Å². The first kappa shape index (κ1) is 11.1. The van der Waals surface area contributed by atoms with Crippen molar-refractivity contribution in [2.24, 2.45) is 7.05 Å². The van der Waals surface area contributed by atoms with Crippen LogP contribution in [-0.2, 0) is 7.05 Å². The lowest BCUT2D eigenvalue weighted by Gasteiger charge is -2.09. The van der Waals surface area contributed by atoms with E-state index in [9.17, 15) is 14.9 Å². The van der Waals surface area contributed by atoms with Crippen LogP contribution in [0, 0.1) is 10.1 Å². The van der Waals surface area contributed by atoms with Gasteiger partial charge in [-0.15, -0.1) is 0 Å². The van der Waals surface area contributed by atoms with Crippen LogP contribution in [0.25, 0.3) is 10.9 Å². The average Bonchev–Trinajstić information content (AvgIpc) is 2.33. The Morgan fingerprint density at radius 2 is 2.00 bits per heavy atom. The minimum Gasteiger partial charge on any atom is -0.490 e. The van der Waals surface area contributed by atoms with Crippen LogP contribution in [0.5, 0.6) is 5.75 Å². The van der Waals surface area contributed by atoms with Gasteiger partial charge in [-0.1, -0.05) is 12.1 Å². The van der Waals surface area contributed by atoms with Crippen molar-refractivity contribution in [3.8, 4) is 5.75 Å². The molecule has 1 heterocycles. The minimum atomic E-state index is -0.715. The summed E-state index contributed by atoms with van der Waals surface area (Å²) in [6.07, 6.45) is 0. The largest absolute Gasteiger partial charge is 0.490 e. The van der Waals surface area contributed by atoms with Gasteiger partial charge in [0.15, 0.2) is 0 Å². The smallest absolute Gasteiger partial charge is 0.376 e. The maximum absolute atomic E-state index is 11.8.